The molecule has 0 spiro atoms. The van der Waals surface area contributed by atoms with Crippen LogP contribution >= 0.6 is 0 Å². The van der Waals surface area contributed by atoms with E-state index in [-0.39, 0.29) is 6.61 Å². The van der Waals surface area contributed by atoms with E-state index >= 15 is 0 Å². The quantitative estimate of drug-likeness (QED) is 0.513. The van der Waals surface area contributed by atoms with Crippen molar-refractivity contribution in [2.45, 2.75) is 6.42 Å². The summed E-state index contributed by atoms with van der Waals surface area (Å²) in [5.74, 6) is 0. The van der Waals surface area contributed by atoms with Crippen LogP contribution in [0, 0.1) is 0 Å². The molecule has 1 aliphatic heterocycles. The normalized spacial score (nSPS) is 18.7. The van der Waals surface area contributed by atoms with E-state index in [4.69, 9.17) is 9.84 Å². The highest BCUT2D eigenvalue weighted by Crippen LogP contribution is 2.07. The summed E-state index contributed by atoms with van der Waals surface area (Å²) in [6, 6.07) is 0. The van der Waals surface area contributed by atoms with E-state index in [1.807, 2.05) is 0 Å². The van der Waals surface area contributed by atoms with Crippen LogP contribution in [0.5, 0.6) is 0 Å². The molecule has 0 aliphatic carbocycles. The molecule has 1 N–H and O–H groups in total. The van der Waals surface area contributed by atoms with Crippen molar-refractivity contribution < 1.29 is 9.84 Å². The summed E-state index contributed by atoms with van der Waals surface area (Å²) in [5.41, 5.74) is 1.00. The molecule has 0 aromatic carbocycles. The second-order valence-corrected chi connectivity index (χ2v) is 1.56. The molecule has 0 amide bonds. The molecule has 0 saturated carbocycles. The number of ether oxygens (including phenoxy) is 1. The summed E-state index contributed by atoms with van der Waals surface area (Å²) in [6.07, 6.45) is 2.52. The molecular weight excluding hydrogens is 92.1 g/mol. The van der Waals surface area contributed by atoms with Crippen LogP contribution in [0.2, 0.25) is 0 Å². The van der Waals surface area contributed by atoms with Crippen LogP contribution in [0.4, 0.5) is 0 Å². The maximum Gasteiger partial charge on any atom is 0.0912 e. The van der Waals surface area contributed by atoms with Gasteiger partial charge in [0.2, 0.25) is 0 Å². The highest BCUT2D eigenvalue weighted by atomic mass is 16.5. The van der Waals surface area contributed by atoms with E-state index in [2.05, 4.69) is 0 Å². The summed E-state index contributed by atoms with van der Waals surface area (Å²) in [6.45, 7) is 0.899. The minimum atomic E-state index is 0.153. The number of rotatable bonds is 1. The Bertz CT molecular complexity index is 86.1. The summed E-state index contributed by atoms with van der Waals surface area (Å²) in [5, 5.41) is 8.42. The predicted molar refractivity (Wildman–Crippen MR) is 25.7 cm³/mol. The van der Waals surface area contributed by atoms with E-state index < -0.39 is 0 Å². The van der Waals surface area contributed by atoms with Crippen molar-refractivity contribution in [2.75, 3.05) is 13.2 Å². The minimum Gasteiger partial charge on any atom is -0.501 e. The second kappa shape index (κ2) is 1.98. The summed E-state index contributed by atoms with van der Waals surface area (Å²) in [4.78, 5) is 0. The van der Waals surface area contributed by atoms with Gasteiger partial charge in [-0.3, -0.25) is 0 Å². The molecule has 7 heavy (non-hydrogen) atoms. The summed E-state index contributed by atoms with van der Waals surface area (Å²) in [7, 11) is 0. The fraction of sp³-hybridized carbons (Fsp3) is 0.600. The number of hydrogen-bond donors (Lipinski definition) is 1. The van der Waals surface area contributed by atoms with Crippen molar-refractivity contribution in [2.24, 2.45) is 0 Å². The van der Waals surface area contributed by atoms with Crippen molar-refractivity contribution in [1.82, 2.24) is 0 Å². The molecule has 0 bridgehead atoms. The molecule has 0 atom stereocenters. The topological polar surface area (TPSA) is 29.5 Å². The Morgan fingerprint density at radius 1 is 1.86 bits per heavy atom. The lowest BCUT2D eigenvalue weighted by molar-refractivity contribution is 0.281. The lowest BCUT2D eigenvalue weighted by Crippen LogP contribution is -1.84. The first-order valence-electron chi connectivity index (χ1n) is 2.34. The third-order valence-electron chi connectivity index (χ3n) is 0.994. The van der Waals surface area contributed by atoms with Gasteiger partial charge < -0.3 is 9.84 Å². The Morgan fingerprint density at radius 2 is 2.71 bits per heavy atom. The SMILES string of the molecule is OCC1=COCC1. The molecule has 0 aromatic heterocycles. The highest BCUT2D eigenvalue weighted by molar-refractivity contribution is 5.01. The first-order chi connectivity index (χ1) is 3.43. The van der Waals surface area contributed by atoms with E-state index in [9.17, 15) is 0 Å². The molecule has 0 saturated heterocycles. The first-order valence-corrected chi connectivity index (χ1v) is 2.34. The van der Waals surface area contributed by atoms with Gasteiger partial charge in [0.1, 0.15) is 0 Å². The standard InChI is InChI=1S/C5H8O2/c6-3-5-1-2-7-4-5/h4,6H,1-3H2. The van der Waals surface area contributed by atoms with Gasteiger partial charge in [-0.15, -0.1) is 0 Å². The lowest BCUT2D eigenvalue weighted by Gasteiger charge is -1.84. The van der Waals surface area contributed by atoms with Crippen LogP contribution in [-0.2, 0) is 4.74 Å². The Hall–Kier alpha value is -0.500. The van der Waals surface area contributed by atoms with Crippen molar-refractivity contribution in [3.63, 3.8) is 0 Å². The second-order valence-electron chi connectivity index (χ2n) is 1.56. The van der Waals surface area contributed by atoms with Crippen LogP contribution in [0.1, 0.15) is 6.42 Å². The van der Waals surface area contributed by atoms with Crippen molar-refractivity contribution in [1.29, 1.82) is 0 Å². The van der Waals surface area contributed by atoms with Crippen LogP contribution in [0.15, 0.2) is 11.8 Å². The zero-order valence-electron chi connectivity index (χ0n) is 4.05. The van der Waals surface area contributed by atoms with Gasteiger partial charge in [-0.05, 0) is 5.57 Å². The van der Waals surface area contributed by atoms with E-state index in [1.54, 1.807) is 6.26 Å². The van der Waals surface area contributed by atoms with Crippen LogP contribution in [0.3, 0.4) is 0 Å². The molecule has 2 nitrogen and oxygen atoms in total. The monoisotopic (exact) mass is 100 g/mol. The molecule has 0 fully saturated rings. The lowest BCUT2D eigenvalue weighted by atomic mass is 10.3. The molecule has 2 heteroatoms. The van der Waals surface area contributed by atoms with Gasteiger partial charge in [0.25, 0.3) is 0 Å². The van der Waals surface area contributed by atoms with Gasteiger partial charge in [0.05, 0.1) is 19.5 Å². The van der Waals surface area contributed by atoms with Crippen molar-refractivity contribution >= 4 is 0 Å². The maximum atomic E-state index is 8.42. The van der Waals surface area contributed by atoms with Crippen LogP contribution in [-0.4, -0.2) is 18.3 Å². The van der Waals surface area contributed by atoms with Crippen LogP contribution < -0.4 is 0 Å². The average molecular weight is 100 g/mol. The average Bonchev–Trinajstić information content (AvgIpc) is 2.14. The third-order valence-corrected chi connectivity index (χ3v) is 0.994. The molecule has 1 aliphatic rings. The van der Waals surface area contributed by atoms with Gasteiger partial charge in [-0.1, -0.05) is 0 Å². The smallest absolute Gasteiger partial charge is 0.0912 e. The molecule has 0 aromatic rings. The third kappa shape index (κ3) is 0.933. The zero-order chi connectivity index (χ0) is 5.11. The molecule has 0 unspecified atom stereocenters. The molecule has 1 heterocycles. The Kier molecular flexibility index (Phi) is 1.32. The fourth-order valence-electron chi connectivity index (χ4n) is 0.542. The fourth-order valence-corrected chi connectivity index (χ4v) is 0.542. The number of hydrogen-bond acceptors (Lipinski definition) is 2. The van der Waals surface area contributed by atoms with Gasteiger partial charge in [0.15, 0.2) is 0 Å². The molecule has 1 rings (SSSR count). The van der Waals surface area contributed by atoms with Gasteiger partial charge in [-0.25, -0.2) is 0 Å². The molecular formula is C5H8O2. The first kappa shape index (κ1) is 4.65. The van der Waals surface area contributed by atoms with Gasteiger partial charge >= 0.3 is 0 Å². The Morgan fingerprint density at radius 3 is 3.00 bits per heavy atom. The maximum absolute atomic E-state index is 8.42. The molecule has 40 valence electrons. The van der Waals surface area contributed by atoms with Crippen molar-refractivity contribution in [3.05, 3.63) is 11.8 Å². The van der Waals surface area contributed by atoms with E-state index in [1.165, 1.54) is 0 Å². The summed E-state index contributed by atoms with van der Waals surface area (Å²) >= 11 is 0. The van der Waals surface area contributed by atoms with Gasteiger partial charge in [-0.2, -0.15) is 0 Å². The van der Waals surface area contributed by atoms with Gasteiger partial charge in [0, 0.05) is 6.42 Å². The highest BCUT2D eigenvalue weighted by Gasteiger charge is 2.01. The predicted octanol–water partition coefficient (Wildman–Crippen LogP) is 0.283. The van der Waals surface area contributed by atoms with Crippen molar-refractivity contribution in [3.8, 4) is 0 Å². The largest absolute Gasteiger partial charge is 0.501 e. The Balaban J connectivity index is 2.36. The Labute approximate surface area is 42.4 Å². The summed E-state index contributed by atoms with van der Waals surface area (Å²) < 4.78 is 4.83. The molecule has 0 radical (unpaired) electrons. The van der Waals surface area contributed by atoms with E-state index in [0.717, 1.165) is 18.6 Å². The zero-order valence-corrected chi connectivity index (χ0v) is 4.05. The van der Waals surface area contributed by atoms with Crippen LogP contribution in [0.25, 0.3) is 0 Å². The number of aliphatic hydroxyl groups excluding tert-OH is 1. The minimum absolute atomic E-state index is 0.153. The number of aliphatic hydroxyl groups is 1. The van der Waals surface area contributed by atoms with E-state index in [0.29, 0.717) is 0 Å².